The molecule has 0 bridgehead atoms. The monoisotopic (exact) mass is 433 g/mol. The molecule has 0 aliphatic carbocycles. The number of sulfone groups is 1. The highest BCUT2D eigenvalue weighted by molar-refractivity contribution is 7.90. The lowest BCUT2D eigenvalue weighted by atomic mass is 10.2. The first kappa shape index (κ1) is 21.2. The van der Waals surface area contributed by atoms with Gasteiger partial charge in [-0.3, -0.25) is 9.69 Å². The molecule has 0 atom stereocenters. The third kappa shape index (κ3) is 4.75. The summed E-state index contributed by atoms with van der Waals surface area (Å²) in [5.41, 5.74) is 1.00. The molecular formula is C20H23N3O4S2. The van der Waals surface area contributed by atoms with E-state index in [4.69, 9.17) is 4.74 Å². The average molecular weight is 434 g/mol. The molecule has 0 fully saturated rings. The summed E-state index contributed by atoms with van der Waals surface area (Å²) in [4.78, 5) is 21.6. The Bertz CT molecular complexity index is 1140. The number of methoxy groups -OCH3 is 1. The average Bonchev–Trinajstić information content (AvgIpc) is 3.11. The second kappa shape index (κ2) is 8.48. The molecule has 0 aliphatic rings. The van der Waals surface area contributed by atoms with Crippen molar-refractivity contribution in [2.45, 2.75) is 4.90 Å². The van der Waals surface area contributed by atoms with Crippen LogP contribution in [0.5, 0.6) is 5.75 Å². The van der Waals surface area contributed by atoms with Crippen molar-refractivity contribution in [1.82, 2.24) is 9.88 Å². The van der Waals surface area contributed by atoms with Gasteiger partial charge in [-0.2, -0.15) is 0 Å². The third-order valence-electron chi connectivity index (χ3n) is 4.35. The Hall–Kier alpha value is -2.49. The fraction of sp³-hybridized carbons (Fsp3) is 0.300. The van der Waals surface area contributed by atoms with Crippen LogP contribution in [-0.2, 0) is 9.84 Å². The number of carbonyl (C=O) groups is 1. The number of fused-ring (bicyclic) bond motifs is 1. The van der Waals surface area contributed by atoms with Gasteiger partial charge in [0.2, 0.25) is 0 Å². The summed E-state index contributed by atoms with van der Waals surface area (Å²) in [6.45, 7) is 1.04. The standard InChI is InChI=1S/C20H23N3O4S2/c1-22(2)11-12-23(19(24)14-7-5-8-15(13-14)29(4,25)26)20-21-18-16(27-3)9-6-10-17(18)28-20/h5-10,13H,11-12H2,1-4H3. The molecule has 9 heteroatoms. The molecule has 1 aromatic heterocycles. The van der Waals surface area contributed by atoms with Crippen LogP contribution < -0.4 is 9.64 Å². The van der Waals surface area contributed by atoms with Crippen LogP contribution in [-0.4, -0.2) is 64.8 Å². The minimum absolute atomic E-state index is 0.113. The molecule has 3 aromatic rings. The van der Waals surface area contributed by atoms with Crippen LogP contribution in [0.1, 0.15) is 10.4 Å². The highest BCUT2D eigenvalue weighted by atomic mass is 32.2. The third-order valence-corrected chi connectivity index (χ3v) is 6.50. The van der Waals surface area contributed by atoms with Crippen LogP contribution in [0, 0.1) is 0 Å². The number of likely N-dealkylation sites (N-methyl/N-ethyl adjacent to an activating group) is 1. The Morgan fingerprint density at radius 2 is 1.86 bits per heavy atom. The van der Waals surface area contributed by atoms with Crippen molar-refractivity contribution >= 4 is 42.4 Å². The van der Waals surface area contributed by atoms with Crippen molar-refractivity contribution < 1.29 is 17.9 Å². The van der Waals surface area contributed by atoms with Crippen molar-refractivity contribution in [2.24, 2.45) is 0 Å². The summed E-state index contributed by atoms with van der Waals surface area (Å²) in [6, 6.07) is 11.7. The molecular weight excluding hydrogens is 410 g/mol. The molecule has 154 valence electrons. The Labute approximate surface area is 174 Å². The number of ether oxygens (including phenoxy) is 1. The van der Waals surface area contributed by atoms with Gasteiger partial charge in [-0.1, -0.05) is 23.5 Å². The van der Waals surface area contributed by atoms with Crippen LogP contribution in [0.2, 0.25) is 0 Å². The first-order chi connectivity index (χ1) is 13.7. The van der Waals surface area contributed by atoms with E-state index in [1.165, 1.54) is 23.5 Å². The van der Waals surface area contributed by atoms with Crippen LogP contribution in [0.3, 0.4) is 0 Å². The van der Waals surface area contributed by atoms with Gasteiger partial charge in [0.05, 0.1) is 16.7 Å². The highest BCUT2D eigenvalue weighted by Gasteiger charge is 2.23. The molecule has 0 radical (unpaired) electrons. The van der Waals surface area contributed by atoms with Gasteiger partial charge in [-0.05, 0) is 44.4 Å². The normalized spacial score (nSPS) is 11.8. The number of carbonyl (C=O) groups excluding carboxylic acids is 1. The van der Waals surface area contributed by atoms with E-state index in [1.54, 1.807) is 24.1 Å². The maximum Gasteiger partial charge on any atom is 0.260 e. The van der Waals surface area contributed by atoms with Crippen LogP contribution in [0.4, 0.5) is 5.13 Å². The fourth-order valence-electron chi connectivity index (χ4n) is 2.79. The topological polar surface area (TPSA) is 79.8 Å². The Kier molecular flexibility index (Phi) is 6.21. The van der Waals surface area contributed by atoms with Crippen molar-refractivity contribution in [2.75, 3.05) is 45.5 Å². The second-order valence-corrected chi connectivity index (χ2v) is 9.89. The number of nitrogens with zero attached hydrogens (tertiary/aromatic N) is 3. The first-order valence-corrected chi connectivity index (χ1v) is 11.6. The predicted molar refractivity (Wildman–Crippen MR) is 116 cm³/mol. The number of hydrogen-bond donors (Lipinski definition) is 0. The van der Waals surface area contributed by atoms with Crippen molar-refractivity contribution in [3.63, 3.8) is 0 Å². The summed E-state index contributed by atoms with van der Waals surface area (Å²) in [7, 11) is 2.02. The van der Waals surface area contributed by atoms with E-state index in [0.29, 0.717) is 35.1 Å². The Morgan fingerprint density at radius 1 is 1.14 bits per heavy atom. The van der Waals surface area contributed by atoms with Crippen molar-refractivity contribution in [3.8, 4) is 5.75 Å². The summed E-state index contributed by atoms with van der Waals surface area (Å²) < 4.78 is 30.1. The molecule has 0 aliphatic heterocycles. The zero-order valence-electron chi connectivity index (χ0n) is 16.7. The summed E-state index contributed by atoms with van der Waals surface area (Å²) in [5.74, 6) is 0.347. The maximum absolute atomic E-state index is 13.3. The highest BCUT2D eigenvalue weighted by Crippen LogP contribution is 2.34. The van der Waals surface area contributed by atoms with Gasteiger partial charge < -0.3 is 9.64 Å². The zero-order chi connectivity index (χ0) is 21.2. The van der Waals surface area contributed by atoms with Crippen LogP contribution >= 0.6 is 11.3 Å². The van der Waals surface area contributed by atoms with E-state index in [0.717, 1.165) is 11.0 Å². The number of benzene rings is 2. The molecule has 0 unspecified atom stereocenters. The minimum Gasteiger partial charge on any atom is -0.494 e. The first-order valence-electron chi connectivity index (χ1n) is 8.91. The number of thiazole rings is 1. The van der Waals surface area contributed by atoms with Gasteiger partial charge in [0.1, 0.15) is 11.3 Å². The van der Waals surface area contributed by atoms with E-state index < -0.39 is 9.84 Å². The molecule has 29 heavy (non-hydrogen) atoms. The maximum atomic E-state index is 13.3. The lowest BCUT2D eigenvalue weighted by Gasteiger charge is -2.22. The van der Waals surface area contributed by atoms with Gasteiger partial charge in [-0.15, -0.1) is 0 Å². The number of para-hydroxylation sites is 1. The van der Waals surface area contributed by atoms with Crippen LogP contribution in [0.25, 0.3) is 10.2 Å². The molecule has 0 saturated carbocycles. The van der Waals surface area contributed by atoms with E-state index in [1.807, 2.05) is 37.2 Å². The Balaban J connectivity index is 2.05. The second-order valence-electron chi connectivity index (χ2n) is 6.86. The van der Waals surface area contributed by atoms with Gasteiger partial charge >= 0.3 is 0 Å². The predicted octanol–water partition coefficient (Wildman–Crippen LogP) is 2.92. The van der Waals surface area contributed by atoms with Gasteiger partial charge in [0.25, 0.3) is 5.91 Å². The SMILES string of the molecule is COc1cccc2sc(N(CCN(C)C)C(=O)c3cccc(S(C)(=O)=O)c3)nc12. The molecule has 2 aromatic carbocycles. The molecule has 7 nitrogen and oxygen atoms in total. The molecule has 1 heterocycles. The van der Waals surface area contributed by atoms with Gasteiger partial charge in [0, 0.05) is 24.9 Å². The lowest BCUT2D eigenvalue weighted by molar-refractivity contribution is 0.0985. The summed E-state index contributed by atoms with van der Waals surface area (Å²) in [5, 5.41) is 0.543. The smallest absolute Gasteiger partial charge is 0.260 e. The summed E-state index contributed by atoms with van der Waals surface area (Å²) >= 11 is 1.40. The number of hydrogen-bond acceptors (Lipinski definition) is 7. The van der Waals surface area contributed by atoms with Gasteiger partial charge in [0.15, 0.2) is 15.0 Å². The van der Waals surface area contributed by atoms with Gasteiger partial charge in [-0.25, -0.2) is 13.4 Å². The lowest BCUT2D eigenvalue weighted by Crippen LogP contribution is -2.36. The van der Waals surface area contributed by atoms with Crippen molar-refractivity contribution in [3.05, 3.63) is 48.0 Å². The minimum atomic E-state index is -3.41. The fourth-order valence-corrected chi connectivity index (χ4v) is 4.47. The molecule has 0 N–H and O–H groups in total. The summed E-state index contributed by atoms with van der Waals surface area (Å²) in [6.07, 6.45) is 1.13. The zero-order valence-corrected chi connectivity index (χ0v) is 18.4. The largest absolute Gasteiger partial charge is 0.494 e. The van der Waals surface area contributed by atoms with E-state index >= 15 is 0 Å². The molecule has 3 rings (SSSR count). The number of rotatable bonds is 7. The molecule has 1 amide bonds. The molecule has 0 spiro atoms. The number of anilines is 1. The number of aromatic nitrogens is 1. The Morgan fingerprint density at radius 3 is 2.52 bits per heavy atom. The van der Waals surface area contributed by atoms with Crippen molar-refractivity contribution in [1.29, 1.82) is 0 Å². The van der Waals surface area contributed by atoms with E-state index in [2.05, 4.69) is 4.98 Å². The quantitative estimate of drug-likeness (QED) is 0.570. The number of amides is 1. The van der Waals surface area contributed by atoms with Crippen LogP contribution in [0.15, 0.2) is 47.4 Å². The molecule has 0 saturated heterocycles. The van der Waals surface area contributed by atoms with E-state index in [-0.39, 0.29) is 10.8 Å². The van der Waals surface area contributed by atoms with E-state index in [9.17, 15) is 13.2 Å².